The highest BCUT2D eigenvalue weighted by Crippen LogP contribution is 2.13. The minimum absolute atomic E-state index is 0.514. The molecule has 1 unspecified atom stereocenters. The van der Waals surface area contributed by atoms with Gasteiger partial charge in [0, 0.05) is 6.42 Å². The van der Waals surface area contributed by atoms with Crippen molar-refractivity contribution in [1.82, 2.24) is 0 Å². The van der Waals surface area contributed by atoms with Crippen LogP contribution in [-0.2, 0) is 19.0 Å². The fourth-order valence-corrected chi connectivity index (χ4v) is 1.03. The third-order valence-electron chi connectivity index (χ3n) is 0.939. The Morgan fingerprint density at radius 3 is 2.33 bits per heavy atom. The summed E-state index contributed by atoms with van der Waals surface area (Å²) < 4.78 is 29.8. The van der Waals surface area contributed by atoms with E-state index in [2.05, 4.69) is 4.18 Å². The SMILES string of the molecule is CS(=O)(=O)OC1CCO1. The predicted octanol–water partition coefficient (Wildman–Crippen LogP) is -0.291. The standard InChI is InChI=1S/C4H8O4S/c1-9(5,6)8-4-2-3-7-4/h4H,2-3H2,1H3. The molecule has 0 amide bonds. The van der Waals surface area contributed by atoms with Crippen LogP contribution in [0.3, 0.4) is 0 Å². The lowest BCUT2D eigenvalue weighted by atomic mass is 10.4. The van der Waals surface area contributed by atoms with Crippen molar-refractivity contribution in [2.24, 2.45) is 0 Å². The molecule has 54 valence electrons. The number of hydrogen-bond donors (Lipinski definition) is 0. The van der Waals surface area contributed by atoms with Gasteiger partial charge in [0.15, 0.2) is 6.29 Å². The van der Waals surface area contributed by atoms with Crippen LogP contribution in [0.2, 0.25) is 0 Å². The van der Waals surface area contributed by atoms with E-state index in [-0.39, 0.29) is 0 Å². The zero-order chi connectivity index (χ0) is 6.91. The van der Waals surface area contributed by atoms with Crippen molar-refractivity contribution < 1.29 is 17.3 Å². The van der Waals surface area contributed by atoms with Crippen LogP contribution in [0.15, 0.2) is 0 Å². The first-order valence-electron chi connectivity index (χ1n) is 2.58. The van der Waals surface area contributed by atoms with Gasteiger partial charge in [-0.15, -0.1) is 0 Å². The lowest BCUT2D eigenvalue weighted by molar-refractivity contribution is -0.162. The van der Waals surface area contributed by atoms with Crippen molar-refractivity contribution >= 4 is 10.1 Å². The molecule has 0 saturated carbocycles. The normalized spacial score (nSPS) is 27.4. The molecular formula is C4H8O4S. The van der Waals surface area contributed by atoms with Gasteiger partial charge < -0.3 is 4.74 Å². The Bertz CT molecular complexity index is 179. The summed E-state index contributed by atoms with van der Waals surface area (Å²) in [5.74, 6) is 0. The van der Waals surface area contributed by atoms with E-state index in [9.17, 15) is 8.42 Å². The third kappa shape index (κ3) is 2.30. The fourth-order valence-electron chi connectivity index (χ4n) is 0.485. The van der Waals surface area contributed by atoms with Crippen molar-refractivity contribution in [3.8, 4) is 0 Å². The summed E-state index contributed by atoms with van der Waals surface area (Å²) in [7, 11) is -3.31. The van der Waals surface area contributed by atoms with Crippen molar-refractivity contribution in [3.05, 3.63) is 0 Å². The monoisotopic (exact) mass is 152 g/mol. The van der Waals surface area contributed by atoms with Gasteiger partial charge >= 0.3 is 0 Å². The topological polar surface area (TPSA) is 52.6 Å². The van der Waals surface area contributed by atoms with Gasteiger partial charge in [-0.2, -0.15) is 8.42 Å². The fraction of sp³-hybridized carbons (Fsp3) is 1.00. The summed E-state index contributed by atoms with van der Waals surface area (Å²) in [4.78, 5) is 0. The smallest absolute Gasteiger partial charge is 0.266 e. The van der Waals surface area contributed by atoms with Crippen LogP contribution in [0, 0.1) is 0 Å². The van der Waals surface area contributed by atoms with Gasteiger partial charge in [-0.25, -0.2) is 4.18 Å². The second-order valence-corrected chi connectivity index (χ2v) is 3.49. The first-order valence-corrected chi connectivity index (χ1v) is 4.39. The van der Waals surface area contributed by atoms with Gasteiger partial charge in [0.1, 0.15) is 0 Å². The lowest BCUT2D eigenvalue weighted by Crippen LogP contribution is -2.31. The molecule has 0 aromatic heterocycles. The molecule has 1 aliphatic heterocycles. The molecule has 0 aromatic rings. The van der Waals surface area contributed by atoms with Gasteiger partial charge in [-0.05, 0) is 0 Å². The van der Waals surface area contributed by atoms with Crippen molar-refractivity contribution in [3.63, 3.8) is 0 Å². The molecule has 9 heavy (non-hydrogen) atoms. The molecule has 4 nitrogen and oxygen atoms in total. The summed E-state index contributed by atoms with van der Waals surface area (Å²) in [6, 6.07) is 0. The van der Waals surface area contributed by atoms with Crippen LogP contribution < -0.4 is 0 Å². The highest BCUT2D eigenvalue weighted by molar-refractivity contribution is 7.86. The van der Waals surface area contributed by atoms with Crippen LogP contribution in [0.1, 0.15) is 6.42 Å². The Hall–Kier alpha value is -0.130. The van der Waals surface area contributed by atoms with Crippen LogP contribution in [0.25, 0.3) is 0 Å². The van der Waals surface area contributed by atoms with Gasteiger partial charge in [-0.3, -0.25) is 0 Å². The zero-order valence-electron chi connectivity index (χ0n) is 5.03. The number of ether oxygens (including phenoxy) is 1. The minimum atomic E-state index is -3.31. The third-order valence-corrected chi connectivity index (χ3v) is 1.50. The van der Waals surface area contributed by atoms with Crippen LogP contribution in [0.5, 0.6) is 0 Å². The van der Waals surface area contributed by atoms with Crippen LogP contribution in [-0.4, -0.2) is 27.6 Å². The first-order chi connectivity index (χ1) is 4.08. The Kier molecular flexibility index (Phi) is 1.74. The molecule has 0 aromatic carbocycles. The summed E-state index contributed by atoms with van der Waals surface area (Å²) in [6.07, 6.45) is 1.17. The summed E-state index contributed by atoms with van der Waals surface area (Å²) in [5, 5.41) is 0. The Labute approximate surface area is 53.9 Å². The van der Waals surface area contributed by atoms with Gasteiger partial charge in [-0.1, -0.05) is 0 Å². The van der Waals surface area contributed by atoms with Gasteiger partial charge in [0.25, 0.3) is 10.1 Å². The predicted molar refractivity (Wildman–Crippen MR) is 30.3 cm³/mol. The maximum atomic E-state index is 10.3. The van der Waals surface area contributed by atoms with E-state index in [1.165, 1.54) is 0 Å². The molecular weight excluding hydrogens is 144 g/mol. The van der Waals surface area contributed by atoms with Gasteiger partial charge in [0.2, 0.25) is 0 Å². The maximum absolute atomic E-state index is 10.3. The first kappa shape index (κ1) is 6.98. The van der Waals surface area contributed by atoms with Crippen molar-refractivity contribution in [2.45, 2.75) is 12.7 Å². The summed E-state index contributed by atoms with van der Waals surface area (Å²) in [6.45, 7) is 0.597. The molecule has 1 saturated heterocycles. The van der Waals surface area contributed by atoms with Crippen LogP contribution >= 0.6 is 0 Å². The molecule has 1 fully saturated rings. The van der Waals surface area contributed by atoms with E-state index >= 15 is 0 Å². The largest absolute Gasteiger partial charge is 0.351 e. The van der Waals surface area contributed by atoms with E-state index in [0.717, 1.165) is 6.26 Å². The molecule has 1 heterocycles. The van der Waals surface area contributed by atoms with Gasteiger partial charge in [0.05, 0.1) is 12.9 Å². The minimum Gasteiger partial charge on any atom is -0.351 e. The molecule has 5 heteroatoms. The van der Waals surface area contributed by atoms with Crippen molar-refractivity contribution in [2.75, 3.05) is 12.9 Å². The quantitative estimate of drug-likeness (QED) is 0.510. The Morgan fingerprint density at radius 2 is 2.22 bits per heavy atom. The lowest BCUT2D eigenvalue weighted by Gasteiger charge is -2.24. The molecule has 0 spiro atoms. The van der Waals surface area contributed by atoms with E-state index in [4.69, 9.17) is 4.74 Å². The van der Waals surface area contributed by atoms with E-state index in [1.54, 1.807) is 0 Å². The molecule has 0 radical (unpaired) electrons. The van der Waals surface area contributed by atoms with E-state index < -0.39 is 16.4 Å². The highest BCUT2D eigenvalue weighted by Gasteiger charge is 2.22. The molecule has 1 rings (SSSR count). The van der Waals surface area contributed by atoms with E-state index in [1.807, 2.05) is 0 Å². The Morgan fingerprint density at radius 1 is 1.67 bits per heavy atom. The molecule has 0 aliphatic carbocycles. The Balaban J connectivity index is 2.33. The average Bonchev–Trinajstić information content (AvgIpc) is 1.53. The van der Waals surface area contributed by atoms with Crippen LogP contribution in [0.4, 0.5) is 0 Å². The summed E-state index contributed by atoms with van der Waals surface area (Å²) >= 11 is 0. The van der Waals surface area contributed by atoms with E-state index in [0.29, 0.717) is 13.0 Å². The molecule has 1 aliphatic rings. The highest BCUT2D eigenvalue weighted by atomic mass is 32.2. The van der Waals surface area contributed by atoms with Crippen molar-refractivity contribution in [1.29, 1.82) is 0 Å². The average molecular weight is 152 g/mol. The molecule has 0 bridgehead atoms. The number of hydrogen-bond acceptors (Lipinski definition) is 4. The maximum Gasteiger partial charge on any atom is 0.266 e. The summed E-state index contributed by atoms with van der Waals surface area (Å²) in [5.41, 5.74) is 0. The zero-order valence-corrected chi connectivity index (χ0v) is 5.85. The molecule has 0 N–H and O–H groups in total. The molecule has 1 atom stereocenters. The second-order valence-electron chi connectivity index (χ2n) is 1.89. The second kappa shape index (κ2) is 2.24. The number of rotatable bonds is 2.